The second kappa shape index (κ2) is 2.24. The summed E-state index contributed by atoms with van der Waals surface area (Å²) in [5, 5.41) is 18.9. The van der Waals surface area contributed by atoms with Crippen molar-refractivity contribution in [2.45, 2.75) is 29.3 Å². The number of alkyl halides is 1. The van der Waals surface area contributed by atoms with Gasteiger partial charge in [-0.3, -0.25) is 0 Å². The van der Waals surface area contributed by atoms with Gasteiger partial charge in [-0.05, 0) is 24.7 Å². The summed E-state index contributed by atoms with van der Waals surface area (Å²) in [6, 6.07) is 0. The zero-order valence-electron chi connectivity index (χ0n) is 6.50. The lowest BCUT2D eigenvalue weighted by Crippen LogP contribution is -2.32. The number of aliphatic hydroxyl groups is 2. The second-order valence-electron chi connectivity index (χ2n) is 3.92. The summed E-state index contributed by atoms with van der Waals surface area (Å²) in [4.78, 5) is 0. The molecule has 0 saturated heterocycles. The molecule has 2 N–H and O–H groups in total. The Morgan fingerprint density at radius 3 is 2.55 bits per heavy atom. The van der Waals surface area contributed by atoms with Crippen LogP contribution in [0.15, 0.2) is 0 Å². The van der Waals surface area contributed by atoms with Crippen molar-refractivity contribution in [2.24, 2.45) is 11.8 Å². The van der Waals surface area contributed by atoms with E-state index in [0.29, 0.717) is 5.92 Å². The lowest BCUT2D eigenvalue weighted by Gasteiger charge is -2.21. The van der Waals surface area contributed by atoms with Crippen LogP contribution in [0.2, 0.25) is 0 Å². The van der Waals surface area contributed by atoms with Crippen LogP contribution in [0.3, 0.4) is 0 Å². The van der Waals surface area contributed by atoms with Crippen molar-refractivity contribution in [3.63, 3.8) is 0 Å². The van der Waals surface area contributed by atoms with Gasteiger partial charge in [0.1, 0.15) is 7.85 Å². The lowest BCUT2D eigenvalue weighted by atomic mass is 9.95. The second-order valence-corrected chi connectivity index (χ2v) is 5.63. The Hall–Kier alpha value is 0.465. The number of hydrogen-bond donors (Lipinski definition) is 2. The number of fused-ring (bicyclic) bond motifs is 1. The van der Waals surface area contributed by atoms with Gasteiger partial charge in [-0.2, -0.15) is 0 Å². The van der Waals surface area contributed by atoms with E-state index in [-0.39, 0.29) is 10.1 Å². The molecule has 0 amide bonds. The van der Waals surface area contributed by atoms with Gasteiger partial charge in [-0.25, -0.2) is 0 Å². The minimum absolute atomic E-state index is 0.101. The highest BCUT2D eigenvalue weighted by molar-refractivity contribution is 9.10. The summed E-state index contributed by atoms with van der Waals surface area (Å²) in [5.74, 6) is 0.868. The molecule has 0 heterocycles. The van der Waals surface area contributed by atoms with Crippen LogP contribution in [0, 0.1) is 11.8 Å². The smallest absolute Gasteiger partial charge is 0.124 e. The highest BCUT2D eigenvalue weighted by atomic mass is 79.9. The molecule has 0 radical (unpaired) electrons. The van der Waals surface area contributed by atoms with Gasteiger partial charge >= 0.3 is 0 Å². The van der Waals surface area contributed by atoms with E-state index in [4.69, 9.17) is 0 Å². The molecule has 11 heavy (non-hydrogen) atoms. The van der Waals surface area contributed by atoms with E-state index in [1.165, 1.54) is 0 Å². The maximum atomic E-state index is 9.54. The molecular weight excluding hydrogens is 207 g/mol. The molecule has 2 fully saturated rings. The molecule has 0 aromatic heterocycles. The maximum Gasteiger partial charge on any atom is 0.124 e. The van der Waals surface area contributed by atoms with Crippen molar-refractivity contribution in [3.8, 4) is 0 Å². The predicted molar refractivity (Wildman–Crippen MR) is 48.4 cm³/mol. The van der Waals surface area contributed by atoms with Crippen molar-refractivity contribution < 1.29 is 10.2 Å². The van der Waals surface area contributed by atoms with Crippen LogP contribution in [0.4, 0.5) is 0 Å². The minimum Gasteiger partial charge on any atom is -0.390 e. The molecular formula is C7H12BBrO2. The Morgan fingerprint density at radius 1 is 1.36 bits per heavy atom. The highest BCUT2D eigenvalue weighted by Gasteiger charge is 2.64. The summed E-state index contributed by atoms with van der Waals surface area (Å²) < 4.78 is 0.101. The van der Waals surface area contributed by atoms with E-state index < -0.39 is 12.2 Å². The molecule has 2 saturated carbocycles. The SMILES string of the molecule is BC1(Br)C2CCC(O)C(O)C21. The molecule has 0 aromatic rings. The quantitative estimate of drug-likeness (QED) is 0.424. The summed E-state index contributed by atoms with van der Waals surface area (Å²) in [5.41, 5.74) is 0. The summed E-state index contributed by atoms with van der Waals surface area (Å²) in [7, 11) is 2.10. The van der Waals surface area contributed by atoms with E-state index in [9.17, 15) is 10.2 Å². The third-order valence-electron chi connectivity index (χ3n) is 3.24. The highest BCUT2D eigenvalue weighted by Crippen LogP contribution is 2.61. The maximum absolute atomic E-state index is 9.54. The van der Waals surface area contributed by atoms with E-state index in [1.807, 2.05) is 0 Å². The van der Waals surface area contributed by atoms with Crippen molar-refractivity contribution in [2.75, 3.05) is 0 Å². The molecule has 4 heteroatoms. The third-order valence-corrected chi connectivity index (χ3v) is 4.35. The normalized spacial score (nSPS) is 62.1. The van der Waals surface area contributed by atoms with Gasteiger partial charge in [-0.1, -0.05) is 15.9 Å². The van der Waals surface area contributed by atoms with Gasteiger partial charge in [0, 0.05) is 4.22 Å². The fraction of sp³-hybridized carbons (Fsp3) is 1.00. The number of rotatable bonds is 0. The Labute approximate surface area is 75.5 Å². The topological polar surface area (TPSA) is 40.5 Å². The molecule has 2 rings (SSSR count). The first kappa shape index (κ1) is 8.08. The van der Waals surface area contributed by atoms with Crippen LogP contribution < -0.4 is 0 Å². The first-order valence-electron chi connectivity index (χ1n) is 4.10. The molecule has 0 aliphatic heterocycles. The van der Waals surface area contributed by atoms with Gasteiger partial charge in [0.05, 0.1) is 12.2 Å². The summed E-state index contributed by atoms with van der Waals surface area (Å²) in [6.45, 7) is 0. The number of aliphatic hydroxyl groups excluding tert-OH is 2. The van der Waals surface area contributed by atoms with Gasteiger partial charge in [0.25, 0.3) is 0 Å². The molecule has 2 nitrogen and oxygen atoms in total. The zero-order valence-corrected chi connectivity index (χ0v) is 8.08. The van der Waals surface area contributed by atoms with E-state index in [2.05, 4.69) is 23.8 Å². The lowest BCUT2D eigenvalue weighted by molar-refractivity contribution is -0.0174. The predicted octanol–water partition coefficient (Wildman–Crippen LogP) is -0.528. The van der Waals surface area contributed by atoms with Gasteiger partial charge in [-0.15, -0.1) is 0 Å². The van der Waals surface area contributed by atoms with Crippen LogP contribution in [0.5, 0.6) is 0 Å². The molecule has 2 aliphatic rings. The first-order chi connectivity index (χ1) is 5.05. The molecule has 0 aromatic carbocycles. The van der Waals surface area contributed by atoms with Crippen molar-refractivity contribution in [1.29, 1.82) is 0 Å². The minimum atomic E-state index is -0.502. The number of hydrogen-bond acceptors (Lipinski definition) is 2. The molecule has 0 bridgehead atoms. The fourth-order valence-corrected chi connectivity index (χ4v) is 3.37. The standard InChI is InChI=1S/C7H12BBrO2/c8-7(9)3-1-2-4(10)6(11)5(3)7/h3-6,10-11H,1-2,8H2. The largest absolute Gasteiger partial charge is 0.390 e. The Kier molecular flexibility index (Phi) is 1.64. The van der Waals surface area contributed by atoms with Crippen molar-refractivity contribution >= 4 is 23.8 Å². The Morgan fingerprint density at radius 2 is 2.00 bits per heavy atom. The van der Waals surface area contributed by atoms with Gasteiger partial charge in [0.15, 0.2) is 0 Å². The summed E-state index contributed by atoms with van der Waals surface area (Å²) in [6.07, 6.45) is 0.808. The Balaban J connectivity index is 2.12. The van der Waals surface area contributed by atoms with E-state index >= 15 is 0 Å². The van der Waals surface area contributed by atoms with Crippen LogP contribution in [0.25, 0.3) is 0 Å². The van der Waals surface area contributed by atoms with E-state index in [1.54, 1.807) is 0 Å². The van der Waals surface area contributed by atoms with Crippen LogP contribution in [0.1, 0.15) is 12.8 Å². The van der Waals surface area contributed by atoms with Crippen LogP contribution in [-0.4, -0.2) is 34.5 Å². The zero-order chi connectivity index (χ0) is 8.22. The average Bonchev–Trinajstić information content (AvgIpc) is 2.46. The van der Waals surface area contributed by atoms with Crippen molar-refractivity contribution in [3.05, 3.63) is 0 Å². The van der Waals surface area contributed by atoms with Crippen LogP contribution >= 0.6 is 15.9 Å². The molecule has 2 aliphatic carbocycles. The third kappa shape index (κ3) is 0.994. The average molecular weight is 219 g/mol. The number of halogens is 1. The van der Waals surface area contributed by atoms with Crippen molar-refractivity contribution in [1.82, 2.24) is 0 Å². The van der Waals surface area contributed by atoms with E-state index in [0.717, 1.165) is 12.8 Å². The molecule has 5 atom stereocenters. The van der Waals surface area contributed by atoms with Crippen LogP contribution in [-0.2, 0) is 0 Å². The fourth-order valence-electron chi connectivity index (χ4n) is 2.40. The monoisotopic (exact) mass is 218 g/mol. The first-order valence-corrected chi connectivity index (χ1v) is 4.89. The van der Waals surface area contributed by atoms with Gasteiger partial charge < -0.3 is 10.2 Å². The molecule has 0 spiro atoms. The molecule has 62 valence electrons. The molecule has 5 unspecified atom stereocenters. The Bertz CT molecular complexity index is 185. The summed E-state index contributed by atoms with van der Waals surface area (Å²) >= 11 is 3.58. The van der Waals surface area contributed by atoms with Gasteiger partial charge in [0.2, 0.25) is 0 Å².